The van der Waals surface area contributed by atoms with Gasteiger partial charge in [-0.15, -0.1) is 0 Å². The molecule has 8 nitrogen and oxygen atoms in total. The third-order valence-electron chi connectivity index (χ3n) is 3.14. The number of hydrogen-bond acceptors (Lipinski definition) is 5. The van der Waals surface area contributed by atoms with E-state index >= 15 is 0 Å². The Kier molecular flexibility index (Phi) is 5.95. The third-order valence-corrected chi connectivity index (χ3v) is 5.00. The molecule has 0 saturated heterocycles. The first kappa shape index (κ1) is 19.1. The van der Waals surface area contributed by atoms with E-state index in [1.807, 2.05) is 0 Å². The molecule has 0 saturated carbocycles. The van der Waals surface area contributed by atoms with Crippen LogP contribution in [0.4, 0.5) is 17.1 Å². The third kappa shape index (κ3) is 5.39. The van der Waals surface area contributed by atoms with E-state index in [1.165, 1.54) is 24.3 Å². The predicted molar refractivity (Wildman–Crippen MR) is 103 cm³/mol. The van der Waals surface area contributed by atoms with Crippen molar-refractivity contribution in [2.45, 2.75) is 0 Å². The fourth-order valence-electron chi connectivity index (χ4n) is 2.04. The summed E-state index contributed by atoms with van der Waals surface area (Å²) < 4.78 is 25.9. The molecule has 0 spiro atoms. The van der Waals surface area contributed by atoms with Crippen LogP contribution < -0.4 is 9.62 Å². The lowest BCUT2D eigenvalue weighted by Crippen LogP contribution is -2.37. The lowest BCUT2D eigenvalue weighted by Gasteiger charge is -2.22. The lowest BCUT2D eigenvalue weighted by molar-refractivity contribution is -0.384. The van der Waals surface area contributed by atoms with Crippen LogP contribution in [0.1, 0.15) is 0 Å². The first-order chi connectivity index (χ1) is 11.7. The Morgan fingerprint density at radius 3 is 2.44 bits per heavy atom. The van der Waals surface area contributed by atoms with Gasteiger partial charge in [-0.2, -0.15) is 0 Å². The number of hydrogen-bond donors (Lipinski definition) is 1. The van der Waals surface area contributed by atoms with Gasteiger partial charge in [0.15, 0.2) is 0 Å². The van der Waals surface area contributed by atoms with E-state index in [0.29, 0.717) is 5.69 Å². The molecule has 0 aliphatic rings. The van der Waals surface area contributed by atoms with Crippen LogP contribution in [0.5, 0.6) is 0 Å². The van der Waals surface area contributed by atoms with E-state index < -0.39 is 27.4 Å². The Hall–Kier alpha value is -2.21. The molecule has 2 aromatic rings. The molecule has 0 atom stereocenters. The number of carbonyl (C=O) groups is 1. The van der Waals surface area contributed by atoms with E-state index in [2.05, 4.69) is 27.9 Å². The second-order valence-electron chi connectivity index (χ2n) is 5.10. The quantitative estimate of drug-likeness (QED) is 0.393. The molecular weight excluding hydrogens is 461 g/mol. The zero-order valence-electron chi connectivity index (χ0n) is 13.0. The van der Waals surface area contributed by atoms with Gasteiger partial charge in [0.05, 0.1) is 16.9 Å². The van der Waals surface area contributed by atoms with Gasteiger partial charge in [0.2, 0.25) is 15.9 Å². The average molecular weight is 475 g/mol. The number of nitrogens with zero attached hydrogens (tertiary/aromatic N) is 2. The van der Waals surface area contributed by atoms with Crippen LogP contribution in [0.2, 0.25) is 0 Å². The molecule has 132 valence electrons. The van der Waals surface area contributed by atoms with Crippen molar-refractivity contribution in [3.8, 4) is 0 Å². The molecule has 0 aliphatic heterocycles. The maximum atomic E-state index is 12.2. The molecule has 0 aliphatic carbocycles. The molecule has 0 radical (unpaired) electrons. The zero-order chi connectivity index (χ0) is 18.6. The summed E-state index contributed by atoms with van der Waals surface area (Å²) in [6.07, 6.45) is 1.01. The highest BCUT2D eigenvalue weighted by atomic mass is 127. The fourth-order valence-corrected chi connectivity index (χ4v) is 3.25. The van der Waals surface area contributed by atoms with Crippen molar-refractivity contribution in [1.82, 2.24) is 0 Å². The number of benzene rings is 2. The van der Waals surface area contributed by atoms with Crippen LogP contribution in [-0.4, -0.2) is 32.0 Å². The molecule has 2 aromatic carbocycles. The summed E-state index contributed by atoms with van der Waals surface area (Å²) >= 11 is 2.09. The van der Waals surface area contributed by atoms with Gasteiger partial charge in [0, 0.05) is 21.4 Å². The summed E-state index contributed by atoms with van der Waals surface area (Å²) in [4.78, 5) is 22.4. The number of halogens is 1. The minimum atomic E-state index is -3.68. The van der Waals surface area contributed by atoms with Crippen molar-refractivity contribution in [1.29, 1.82) is 0 Å². The van der Waals surface area contributed by atoms with E-state index in [-0.39, 0.29) is 11.4 Å². The average Bonchev–Trinajstić information content (AvgIpc) is 2.53. The lowest BCUT2D eigenvalue weighted by atomic mass is 10.3. The Morgan fingerprint density at radius 2 is 1.88 bits per heavy atom. The number of amides is 1. The first-order valence-electron chi connectivity index (χ1n) is 6.94. The largest absolute Gasteiger partial charge is 0.324 e. The second-order valence-corrected chi connectivity index (χ2v) is 8.25. The normalized spacial score (nSPS) is 11.0. The Morgan fingerprint density at radius 1 is 1.24 bits per heavy atom. The van der Waals surface area contributed by atoms with Crippen LogP contribution in [-0.2, 0) is 14.8 Å². The molecule has 0 heterocycles. The molecule has 2 rings (SSSR count). The molecule has 0 bridgehead atoms. The standard InChI is InChI=1S/C15H14IN3O5S/c1-25(23,24)18(13-7-5-11(16)6-8-13)10-15(20)17-12-3-2-4-14(9-12)19(21)22/h2-9H,10H2,1H3,(H,17,20). The highest BCUT2D eigenvalue weighted by Crippen LogP contribution is 2.20. The first-order valence-corrected chi connectivity index (χ1v) is 9.87. The summed E-state index contributed by atoms with van der Waals surface area (Å²) in [6, 6.07) is 12.1. The minimum Gasteiger partial charge on any atom is -0.324 e. The van der Waals surface area contributed by atoms with Crippen molar-refractivity contribution in [3.63, 3.8) is 0 Å². The van der Waals surface area contributed by atoms with Gasteiger partial charge in [-0.25, -0.2) is 8.42 Å². The predicted octanol–water partition coefficient (Wildman–Crippen LogP) is 2.60. The number of nitro groups is 1. The van der Waals surface area contributed by atoms with E-state index in [4.69, 9.17) is 0 Å². The van der Waals surface area contributed by atoms with Crippen LogP contribution in [0.15, 0.2) is 48.5 Å². The Balaban J connectivity index is 2.19. The van der Waals surface area contributed by atoms with E-state index in [1.54, 1.807) is 24.3 Å². The number of rotatable bonds is 6. The molecule has 0 unspecified atom stereocenters. The van der Waals surface area contributed by atoms with Gasteiger partial charge < -0.3 is 5.32 Å². The van der Waals surface area contributed by atoms with Gasteiger partial charge in [0.25, 0.3) is 5.69 Å². The Labute approximate surface area is 158 Å². The van der Waals surface area contributed by atoms with Crippen LogP contribution in [0.25, 0.3) is 0 Å². The summed E-state index contributed by atoms with van der Waals surface area (Å²) in [7, 11) is -3.68. The van der Waals surface area contributed by atoms with Gasteiger partial charge in [-0.3, -0.25) is 19.2 Å². The summed E-state index contributed by atoms with van der Waals surface area (Å²) in [5.74, 6) is -0.607. The molecule has 25 heavy (non-hydrogen) atoms. The zero-order valence-corrected chi connectivity index (χ0v) is 16.0. The van der Waals surface area contributed by atoms with Crippen molar-refractivity contribution >= 4 is 55.6 Å². The maximum absolute atomic E-state index is 12.2. The van der Waals surface area contributed by atoms with Gasteiger partial charge in [-0.05, 0) is 52.9 Å². The second kappa shape index (κ2) is 7.78. The smallest absolute Gasteiger partial charge is 0.271 e. The summed E-state index contributed by atoms with van der Waals surface area (Å²) in [5, 5.41) is 13.2. The highest BCUT2D eigenvalue weighted by Gasteiger charge is 2.21. The fraction of sp³-hybridized carbons (Fsp3) is 0.133. The van der Waals surface area contributed by atoms with Crippen molar-refractivity contribution in [2.75, 3.05) is 22.4 Å². The Bertz CT molecular complexity index is 900. The van der Waals surface area contributed by atoms with Crippen LogP contribution >= 0.6 is 22.6 Å². The van der Waals surface area contributed by atoms with Gasteiger partial charge in [0.1, 0.15) is 6.54 Å². The van der Waals surface area contributed by atoms with Crippen LogP contribution in [0, 0.1) is 13.7 Å². The highest BCUT2D eigenvalue weighted by molar-refractivity contribution is 14.1. The van der Waals surface area contributed by atoms with E-state index in [0.717, 1.165) is 14.1 Å². The molecule has 0 aromatic heterocycles. The number of anilines is 2. The van der Waals surface area contributed by atoms with Crippen molar-refractivity contribution in [3.05, 3.63) is 62.2 Å². The van der Waals surface area contributed by atoms with Gasteiger partial charge in [-0.1, -0.05) is 6.07 Å². The van der Waals surface area contributed by atoms with Crippen molar-refractivity contribution in [2.24, 2.45) is 0 Å². The van der Waals surface area contributed by atoms with E-state index in [9.17, 15) is 23.3 Å². The maximum Gasteiger partial charge on any atom is 0.271 e. The molecule has 0 fully saturated rings. The van der Waals surface area contributed by atoms with Crippen LogP contribution in [0.3, 0.4) is 0 Å². The molecular formula is C15H14IN3O5S. The molecule has 1 amide bonds. The number of carbonyl (C=O) groups excluding carboxylic acids is 1. The summed E-state index contributed by atoms with van der Waals surface area (Å²) in [5.41, 5.74) is 0.405. The minimum absolute atomic E-state index is 0.171. The topological polar surface area (TPSA) is 110 Å². The number of nitro benzene ring substituents is 1. The molecule has 10 heteroatoms. The number of sulfonamides is 1. The van der Waals surface area contributed by atoms with Crippen molar-refractivity contribution < 1.29 is 18.1 Å². The number of nitrogens with one attached hydrogen (secondary N) is 1. The summed E-state index contributed by atoms with van der Waals surface area (Å²) in [6.45, 7) is -0.442. The SMILES string of the molecule is CS(=O)(=O)N(CC(=O)Nc1cccc([N+](=O)[O-])c1)c1ccc(I)cc1. The monoisotopic (exact) mass is 475 g/mol. The number of non-ortho nitro benzene ring substituents is 1. The molecule has 1 N–H and O–H groups in total. The van der Waals surface area contributed by atoms with Gasteiger partial charge >= 0.3 is 0 Å².